The predicted molar refractivity (Wildman–Crippen MR) is 93.9 cm³/mol. The second-order valence-corrected chi connectivity index (χ2v) is 7.90. The van der Waals surface area contributed by atoms with Crippen LogP contribution in [0.2, 0.25) is 0 Å². The molecule has 26 heavy (non-hydrogen) atoms. The summed E-state index contributed by atoms with van der Waals surface area (Å²) in [5, 5.41) is 0. The van der Waals surface area contributed by atoms with Crippen molar-refractivity contribution in [1.82, 2.24) is 4.90 Å². The van der Waals surface area contributed by atoms with E-state index in [0.29, 0.717) is 12.6 Å². The molecule has 1 aliphatic carbocycles. The zero-order valence-electron chi connectivity index (χ0n) is 14.7. The average molecular weight is 353 g/mol. The summed E-state index contributed by atoms with van der Waals surface area (Å²) in [7, 11) is 0. The maximum Gasteiger partial charge on any atom is 0.313 e. The molecule has 2 saturated heterocycles. The first-order valence-electron chi connectivity index (χ1n) is 9.56. The summed E-state index contributed by atoms with van der Waals surface area (Å²) in [5.41, 5.74) is 0.321. The average Bonchev–Trinajstić information content (AvgIpc) is 3.42. The third-order valence-corrected chi connectivity index (χ3v) is 6.39. The van der Waals surface area contributed by atoms with Gasteiger partial charge in [-0.2, -0.15) is 0 Å². The van der Waals surface area contributed by atoms with Gasteiger partial charge < -0.3 is 14.4 Å². The van der Waals surface area contributed by atoms with E-state index in [4.69, 9.17) is 9.47 Å². The summed E-state index contributed by atoms with van der Waals surface area (Å²) in [6.45, 7) is 0.809. The fourth-order valence-electron chi connectivity index (χ4n) is 5.15. The zero-order chi connectivity index (χ0) is 17.7. The molecule has 0 unspecified atom stereocenters. The molecule has 1 aromatic rings. The number of rotatable bonds is 4. The minimum absolute atomic E-state index is 0.0745. The first kappa shape index (κ1) is 16.1. The van der Waals surface area contributed by atoms with Crippen molar-refractivity contribution < 1.29 is 19.1 Å². The molecule has 0 aromatic heterocycles. The number of likely N-dealkylation sites (tertiary alicyclic amines) is 1. The Labute approximate surface area is 153 Å². The molecule has 4 aliphatic rings. The Hall–Kier alpha value is -2.14. The number of fused-ring (bicyclic) bond motifs is 1. The lowest BCUT2D eigenvalue weighted by atomic mass is 9.77. The van der Waals surface area contributed by atoms with Gasteiger partial charge in [0.2, 0.25) is 5.91 Å². The molecular weight excluding hydrogens is 330 g/mol. The summed E-state index contributed by atoms with van der Waals surface area (Å²) < 4.78 is 11.7. The quantitative estimate of drug-likeness (QED) is 0.616. The van der Waals surface area contributed by atoms with Gasteiger partial charge in [0.1, 0.15) is 18.1 Å². The van der Waals surface area contributed by atoms with Gasteiger partial charge in [0.25, 0.3) is 0 Å². The van der Waals surface area contributed by atoms with Gasteiger partial charge in [-0.25, -0.2) is 0 Å². The molecular formula is C21H23NO4. The molecule has 2 bridgehead atoms. The van der Waals surface area contributed by atoms with Gasteiger partial charge >= 0.3 is 5.97 Å². The minimum Gasteiger partial charge on any atom is -0.460 e. The summed E-state index contributed by atoms with van der Waals surface area (Å²) in [4.78, 5) is 27.9. The summed E-state index contributed by atoms with van der Waals surface area (Å²) in [6, 6.07) is 9.92. The van der Waals surface area contributed by atoms with Crippen molar-refractivity contribution in [2.75, 3.05) is 6.54 Å². The van der Waals surface area contributed by atoms with E-state index in [9.17, 15) is 9.59 Å². The van der Waals surface area contributed by atoms with Crippen LogP contribution in [-0.4, -0.2) is 41.1 Å². The van der Waals surface area contributed by atoms with Crippen LogP contribution in [0, 0.1) is 11.8 Å². The Bertz CT molecular complexity index is 755. The Balaban J connectivity index is 1.34. The first-order chi connectivity index (χ1) is 12.7. The van der Waals surface area contributed by atoms with Crippen molar-refractivity contribution in [3.05, 3.63) is 48.0 Å². The van der Waals surface area contributed by atoms with Crippen LogP contribution in [0.25, 0.3) is 0 Å². The van der Waals surface area contributed by atoms with Gasteiger partial charge in [-0.3, -0.25) is 9.59 Å². The molecule has 0 radical (unpaired) electrons. The van der Waals surface area contributed by atoms with Crippen LogP contribution in [0.5, 0.6) is 0 Å². The Morgan fingerprint density at radius 1 is 1.23 bits per heavy atom. The number of benzene rings is 1. The van der Waals surface area contributed by atoms with Crippen molar-refractivity contribution in [2.24, 2.45) is 11.8 Å². The summed E-state index contributed by atoms with van der Waals surface area (Å²) in [5.74, 6) is -1.20. The Morgan fingerprint density at radius 2 is 2.00 bits per heavy atom. The zero-order valence-corrected chi connectivity index (χ0v) is 14.7. The third kappa shape index (κ3) is 2.33. The number of carbonyl (C=O) groups excluding carboxylic acids is 2. The van der Waals surface area contributed by atoms with Crippen molar-refractivity contribution in [1.29, 1.82) is 0 Å². The lowest BCUT2D eigenvalue weighted by Gasteiger charge is -2.26. The van der Waals surface area contributed by atoms with Crippen molar-refractivity contribution in [3.8, 4) is 0 Å². The highest BCUT2D eigenvalue weighted by Crippen LogP contribution is 2.53. The van der Waals surface area contributed by atoms with Gasteiger partial charge in [0.05, 0.1) is 18.6 Å². The van der Waals surface area contributed by atoms with E-state index in [-0.39, 0.29) is 24.6 Å². The fraction of sp³-hybridized carbons (Fsp3) is 0.524. The normalized spacial score (nSPS) is 35.3. The molecule has 3 aliphatic heterocycles. The monoisotopic (exact) mass is 353 g/mol. The van der Waals surface area contributed by atoms with E-state index in [0.717, 1.165) is 18.4 Å². The topological polar surface area (TPSA) is 55.8 Å². The van der Waals surface area contributed by atoms with Crippen LogP contribution in [0.3, 0.4) is 0 Å². The van der Waals surface area contributed by atoms with E-state index in [2.05, 4.69) is 0 Å². The highest BCUT2D eigenvalue weighted by Gasteiger charge is 2.67. The molecule has 1 spiro atoms. The maximum absolute atomic E-state index is 13.2. The van der Waals surface area contributed by atoms with Gasteiger partial charge in [-0.1, -0.05) is 55.3 Å². The fourth-order valence-corrected chi connectivity index (χ4v) is 5.15. The third-order valence-electron chi connectivity index (χ3n) is 6.39. The molecule has 1 saturated carbocycles. The number of esters is 1. The molecule has 0 N–H and O–H groups in total. The van der Waals surface area contributed by atoms with Crippen molar-refractivity contribution in [2.45, 2.75) is 50.0 Å². The van der Waals surface area contributed by atoms with E-state index in [1.54, 1.807) is 0 Å². The predicted octanol–water partition coefficient (Wildman–Crippen LogP) is 2.45. The van der Waals surface area contributed by atoms with E-state index in [1.807, 2.05) is 47.4 Å². The first-order valence-corrected chi connectivity index (χ1v) is 9.56. The molecule has 1 amide bonds. The second kappa shape index (κ2) is 5.95. The number of hydrogen-bond acceptors (Lipinski definition) is 4. The van der Waals surface area contributed by atoms with E-state index < -0.39 is 17.4 Å². The number of ether oxygens (including phenoxy) is 2. The minimum atomic E-state index is -0.624. The van der Waals surface area contributed by atoms with Crippen LogP contribution in [-0.2, 0) is 25.7 Å². The van der Waals surface area contributed by atoms with Gasteiger partial charge in [0, 0.05) is 6.04 Å². The van der Waals surface area contributed by atoms with Crippen molar-refractivity contribution in [3.63, 3.8) is 0 Å². The summed E-state index contributed by atoms with van der Waals surface area (Å²) >= 11 is 0. The number of hydrogen-bond donors (Lipinski definition) is 0. The smallest absolute Gasteiger partial charge is 0.313 e. The van der Waals surface area contributed by atoms with Gasteiger partial charge in [0.15, 0.2) is 0 Å². The molecule has 136 valence electrons. The Morgan fingerprint density at radius 3 is 2.77 bits per heavy atom. The van der Waals surface area contributed by atoms with Crippen LogP contribution in [0.4, 0.5) is 0 Å². The number of nitrogens with zero attached hydrogens (tertiary/aromatic N) is 1. The number of amides is 1. The lowest BCUT2D eigenvalue weighted by molar-refractivity contribution is -0.155. The van der Waals surface area contributed by atoms with E-state index >= 15 is 0 Å². The highest BCUT2D eigenvalue weighted by atomic mass is 16.6. The SMILES string of the molecule is O=C(OCc1ccccc1)[C@H]1[C@H]2C=C[C@@]3(CN(C4CCCC4)C(=O)[C@@H]13)O2. The van der Waals surface area contributed by atoms with Crippen LogP contribution >= 0.6 is 0 Å². The summed E-state index contributed by atoms with van der Waals surface area (Å²) in [6.07, 6.45) is 8.09. The molecule has 4 atom stereocenters. The van der Waals surface area contributed by atoms with E-state index in [1.165, 1.54) is 12.8 Å². The highest BCUT2D eigenvalue weighted by molar-refractivity contribution is 5.91. The maximum atomic E-state index is 13.2. The van der Waals surface area contributed by atoms with Gasteiger partial charge in [-0.05, 0) is 18.4 Å². The number of carbonyl (C=O) groups is 2. The molecule has 3 heterocycles. The Kier molecular flexibility index (Phi) is 3.67. The largest absolute Gasteiger partial charge is 0.460 e. The molecule has 5 nitrogen and oxygen atoms in total. The lowest BCUT2D eigenvalue weighted by Crippen LogP contribution is -2.41. The standard InChI is InChI=1S/C21H23NO4/c23-19-18-17(20(24)25-12-14-6-2-1-3-7-14)16-10-11-21(18,26-16)13-22(19)15-8-4-5-9-15/h1-3,6-7,10-11,15-18H,4-5,8-9,12-13H2/t16-,17+,18-,21+/m1/s1. The van der Waals surface area contributed by atoms with Crippen LogP contribution < -0.4 is 0 Å². The molecule has 5 heteroatoms. The van der Waals surface area contributed by atoms with Crippen LogP contribution in [0.15, 0.2) is 42.5 Å². The van der Waals surface area contributed by atoms with Crippen LogP contribution in [0.1, 0.15) is 31.2 Å². The molecule has 5 rings (SSSR count). The van der Waals surface area contributed by atoms with Gasteiger partial charge in [-0.15, -0.1) is 0 Å². The van der Waals surface area contributed by atoms with Crippen molar-refractivity contribution >= 4 is 11.9 Å². The second-order valence-electron chi connectivity index (χ2n) is 7.90. The molecule has 1 aromatic carbocycles. The molecule has 3 fully saturated rings.